The highest BCUT2D eigenvalue weighted by Gasteiger charge is 2.31. The van der Waals surface area contributed by atoms with Crippen molar-refractivity contribution >= 4 is 16.0 Å². The standard InChI is InChI=1S/C11H22N2O6S/c1-11(2,7-14)12-5-8(15)6-20(17,18)13-9-3-4-19-10(9)16/h8-9,12-15H,3-7H2,1-2H3. The minimum absolute atomic E-state index is 0.0174. The number of carbonyl (C=O) groups is 1. The second kappa shape index (κ2) is 6.81. The molecule has 1 heterocycles. The van der Waals surface area contributed by atoms with Crippen LogP contribution < -0.4 is 10.0 Å². The number of β-amino-alcohol motifs (C(OH)–C–C–N with tert-alkyl or cyclic N) is 1. The third-order valence-corrected chi connectivity index (χ3v) is 4.35. The number of esters is 1. The third-order valence-electron chi connectivity index (χ3n) is 2.88. The van der Waals surface area contributed by atoms with Crippen molar-refractivity contribution in [2.45, 2.75) is 38.0 Å². The highest BCUT2D eigenvalue weighted by atomic mass is 32.2. The van der Waals surface area contributed by atoms with Crippen molar-refractivity contribution in [1.82, 2.24) is 10.0 Å². The van der Waals surface area contributed by atoms with Crippen LogP contribution in [-0.4, -0.2) is 67.8 Å². The molecule has 1 fully saturated rings. The van der Waals surface area contributed by atoms with Crippen LogP contribution in [0.3, 0.4) is 0 Å². The van der Waals surface area contributed by atoms with Crippen LogP contribution >= 0.6 is 0 Å². The highest BCUT2D eigenvalue weighted by Crippen LogP contribution is 2.08. The molecule has 0 saturated carbocycles. The van der Waals surface area contributed by atoms with Gasteiger partial charge in [-0.3, -0.25) is 4.79 Å². The summed E-state index contributed by atoms with van der Waals surface area (Å²) in [6.07, 6.45) is -0.847. The fraction of sp³-hybridized carbons (Fsp3) is 0.909. The predicted molar refractivity (Wildman–Crippen MR) is 71.5 cm³/mol. The maximum Gasteiger partial charge on any atom is 0.324 e. The van der Waals surface area contributed by atoms with Crippen molar-refractivity contribution < 1.29 is 28.2 Å². The second-order valence-corrected chi connectivity index (χ2v) is 7.28. The van der Waals surface area contributed by atoms with Gasteiger partial charge < -0.3 is 20.3 Å². The zero-order valence-electron chi connectivity index (χ0n) is 11.6. The average molecular weight is 310 g/mol. The molecule has 8 nitrogen and oxygen atoms in total. The van der Waals surface area contributed by atoms with Gasteiger partial charge in [0.05, 0.1) is 25.1 Å². The van der Waals surface area contributed by atoms with Crippen LogP contribution in [0.15, 0.2) is 0 Å². The summed E-state index contributed by atoms with van der Waals surface area (Å²) in [5.41, 5.74) is -0.604. The van der Waals surface area contributed by atoms with Crippen LogP contribution in [0, 0.1) is 0 Å². The quantitative estimate of drug-likeness (QED) is 0.380. The lowest BCUT2D eigenvalue weighted by molar-refractivity contribution is -0.139. The number of aliphatic hydroxyl groups excluding tert-OH is 2. The second-order valence-electron chi connectivity index (χ2n) is 5.48. The molecule has 9 heteroatoms. The Morgan fingerprint density at radius 3 is 2.65 bits per heavy atom. The Hall–Kier alpha value is -0.740. The van der Waals surface area contributed by atoms with Gasteiger partial charge in [0, 0.05) is 18.5 Å². The first-order chi connectivity index (χ1) is 9.15. The number of sulfonamides is 1. The number of rotatable bonds is 8. The van der Waals surface area contributed by atoms with Crippen molar-refractivity contribution in [3.05, 3.63) is 0 Å². The van der Waals surface area contributed by atoms with Gasteiger partial charge >= 0.3 is 5.97 Å². The largest absolute Gasteiger partial charge is 0.464 e. The zero-order valence-corrected chi connectivity index (χ0v) is 12.4. The molecule has 118 valence electrons. The maximum atomic E-state index is 11.8. The van der Waals surface area contributed by atoms with E-state index in [4.69, 9.17) is 5.11 Å². The Balaban J connectivity index is 2.43. The summed E-state index contributed by atoms with van der Waals surface area (Å²) in [5.74, 6) is -1.12. The van der Waals surface area contributed by atoms with Gasteiger partial charge in [-0.15, -0.1) is 0 Å². The van der Waals surface area contributed by atoms with Crippen LogP contribution in [0.25, 0.3) is 0 Å². The van der Waals surface area contributed by atoms with Gasteiger partial charge in [0.15, 0.2) is 0 Å². The fourth-order valence-electron chi connectivity index (χ4n) is 1.63. The Morgan fingerprint density at radius 2 is 2.15 bits per heavy atom. The van der Waals surface area contributed by atoms with E-state index in [-0.39, 0.29) is 19.8 Å². The van der Waals surface area contributed by atoms with Gasteiger partial charge in [0.2, 0.25) is 10.0 Å². The van der Waals surface area contributed by atoms with Gasteiger partial charge in [0.25, 0.3) is 0 Å². The molecular formula is C11H22N2O6S. The molecule has 1 rings (SSSR count). The zero-order chi connectivity index (χ0) is 15.4. The van der Waals surface area contributed by atoms with E-state index >= 15 is 0 Å². The van der Waals surface area contributed by atoms with Crippen LogP contribution in [0.1, 0.15) is 20.3 Å². The van der Waals surface area contributed by atoms with Crippen LogP contribution in [0.2, 0.25) is 0 Å². The van der Waals surface area contributed by atoms with E-state index in [0.29, 0.717) is 6.42 Å². The topological polar surface area (TPSA) is 125 Å². The molecule has 0 aromatic carbocycles. The summed E-state index contributed by atoms with van der Waals surface area (Å²) in [7, 11) is -3.77. The maximum absolute atomic E-state index is 11.8. The normalized spacial score (nSPS) is 21.8. The summed E-state index contributed by atoms with van der Waals surface area (Å²) in [6.45, 7) is 3.52. The van der Waals surface area contributed by atoms with Gasteiger partial charge in [-0.1, -0.05) is 0 Å². The number of nitrogens with one attached hydrogen (secondary N) is 2. The van der Waals surface area contributed by atoms with E-state index in [2.05, 4.69) is 14.8 Å². The third kappa shape index (κ3) is 5.71. The molecule has 0 radical (unpaired) electrons. The SMILES string of the molecule is CC(C)(CO)NCC(O)CS(=O)(=O)NC1CCOC1=O. The van der Waals surface area contributed by atoms with Crippen molar-refractivity contribution in [3.8, 4) is 0 Å². The number of carbonyl (C=O) groups excluding carboxylic acids is 1. The molecule has 0 aliphatic carbocycles. The van der Waals surface area contributed by atoms with Crippen LogP contribution in [0.4, 0.5) is 0 Å². The molecular weight excluding hydrogens is 288 g/mol. The Bertz CT molecular complexity index is 436. The molecule has 0 bridgehead atoms. The van der Waals surface area contributed by atoms with E-state index in [9.17, 15) is 18.3 Å². The number of cyclic esters (lactones) is 1. The molecule has 0 aromatic rings. The lowest BCUT2D eigenvalue weighted by atomic mass is 10.1. The average Bonchev–Trinajstić information content (AvgIpc) is 2.71. The van der Waals surface area contributed by atoms with E-state index in [1.165, 1.54) is 0 Å². The Labute approximate surface area is 118 Å². The van der Waals surface area contributed by atoms with E-state index in [1.54, 1.807) is 13.8 Å². The molecule has 0 aromatic heterocycles. The number of hydrogen-bond donors (Lipinski definition) is 4. The lowest BCUT2D eigenvalue weighted by Crippen LogP contribution is -2.49. The summed E-state index contributed by atoms with van der Waals surface area (Å²) < 4.78 is 30.4. The molecule has 1 saturated heterocycles. The van der Waals surface area contributed by atoms with Crippen molar-refractivity contribution in [2.75, 3.05) is 25.5 Å². The van der Waals surface area contributed by atoms with Gasteiger partial charge in [-0.2, -0.15) is 0 Å². The number of ether oxygens (including phenoxy) is 1. The van der Waals surface area contributed by atoms with Crippen LogP contribution in [0.5, 0.6) is 0 Å². The molecule has 1 aliphatic heterocycles. The van der Waals surface area contributed by atoms with E-state index < -0.39 is 39.4 Å². The molecule has 4 N–H and O–H groups in total. The number of aliphatic hydroxyl groups is 2. The van der Waals surface area contributed by atoms with Gasteiger partial charge in [0.1, 0.15) is 6.04 Å². The smallest absolute Gasteiger partial charge is 0.324 e. The minimum atomic E-state index is -3.77. The highest BCUT2D eigenvalue weighted by molar-refractivity contribution is 7.89. The fourth-order valence-corrected chi connectivity index (χ4v) is 3.00. The van der Waals surface area contributed by atoms with E-state index in [0.717, 1.165) is 0 Å². The first-order valence-electron chi connectivity index (χ1n) is 6.36. The first kappa shape index (κ1) is 17.3. The van der Waals surface area contributed by atoms with Crippen molar-refractivity contribution in [2.24, 2.45) is 0 Å². The number of hydrogen-bond acceptors (Lipinski definition) is 7. The van der Waals surface area contributed by atoms with Gasteiger partial charge in [-0.25, -0.2) is 13.1 Å². The summed E-state index contributed by atoms with van der Waals surface area (Å²) in [4.78, 5) is 11.2. The van der Waals surface area contributed by atoms with Crippen LogP contribution in [-0.2, 0) is 19.6 Å². The van der Waals surface area contributed by atoms with Gasteiger partial charge in [-0.05, 0) is 13.8 Å². The minimum Gasteiger partial charge on any atom is -0.464 e. The summed E-state index contributed by atoms with van der Waals surface area (Å²) in [5, 5.41) is 21.6. The molecule has 1 aliphatic rings. The summed E-state index contributed by atoms with van der Waals surface area (Å²) >= 11 is 0. The Morgan fingerprint density at radius 1 is 1.50 bits per heavy atom. The first-order valence-corrected chi connectivity index (χ1v) is 8.01. The molecule has 2 unspecified atom stereocenters. The Kier molecular flexibility index (Phi) is 5.90. The molecule has 20 heavy (non-hydrogen) atoms. The van der Waals surface area contributed by atoms with Crippen molar-refractivity contribution in [3.63, 3.8) is 0 Å². The molecule has 2 atom stereocenters. The summed E-state index contributed by atoms with van der Waals surface area (Å²) in [6, 6.07) is -0.867. The predicted octanol–water partition coefficient (Wildman–Crippen LogP) is -2.06. The van der Waals surface area contributed by atoms with E-state index in [1.807, 2.05) is 0 Å². The molecule has 0 spiro atoms. The lowest BCUT2D eigenvalue weighted by Gasteiger charge is -2.25. The van der Waals surface area contributed by atoms with Crippen molar-refractivity contribution in [1.29, 1.82) is 0 Å². The molecule has 0 amide bonds. The monoisotopic (exact) mass is 310 g/mol.